The van der Waals surface area contributed by atoms with Crippen molar-refractivity contribution in [2.45, 2.75) is 25.7 Å². The first-order valence-corrected chi connectivity index (χ1v) is 9.39. The monoisotopic (exact) mass is 310 g/mol. The number of aryl methyl sites for hydroxylation is 1. The molecule has 118 valence electrons. The van der Waals surface area contributed by atoms with Crippen LogP contribution in [0.3, 0.4) is 0 Å². The van der Waals surface area contributed by atoms with Crippen LogP contribution in [-0.4, -0.2) is 45.2 Å². The lowest BCUT2D eigenvalue weighted by atomic mass is 9.95. The molecule has 1 heterocycles. The molecular weight excluding hydrogens is 284 g/mol. The van der Waals surface area contributed by atoms with Gasteiger partial charge in [-0.2, -0.15) is 0 Å². The van der Waals surface area contributed by atoms with Gasteiger partial charge in [-0.3, -0.25) is 0 Å². The molecule has 0 amide bonds. The average Bonchev–Trinajstić information content (AvgIpc) is 2.52. The van der Waals surface area contributed by atoms with E-state index in [-0.39, 0.29) is 5.75 Å². The van der Waals surface area contributed by atoms with Crippen LogP contribution in [0.2, 0.25) is 0 Å². The third-order valence-corrected chi connectivity index (χ3v) is 6.13. The van der Waals surface area contributed by atoms with Crippen molar-refractivity contribution in [3.05, 3.63) is 35.9 Å². The molecule has 2 rings (SSSR count). The Balaban J connectivity index is 1.81. The van der Waals surface area contributed by atoms with Gasteiger partial charge in [-0.05, 0) is 50.8 Å². The largest absolute Gasteiger partial charge is 0.320 e. The Labute approximate surface area is 128 Å². The van der Waals surface area contributed by atoms with E-state index in [9.17, 15) is 8.42 Å². The molecule has 0 aromatic heterocycles. The summed E-state index contributed by atoms with van der Waals surface area (Å²) in [4.78, 5) is 0. The summed E-state index contributed by atoms with van der Waals surface area (Å²) in [6, 6.07) is 9.83. The molecule has 1 saturated heterocycles. The van der Waals surface area contributed by atoms with E-state index in [0.717, 1.165) is 31.4 Å². The van der Waals surface area contributed by atoms with Crippen LogP contribution < -0.4 is 5.32 Å². The fourth-order valence-corrected chi connectivity index (χ4v) is 4.36. The molecule has 0 atom stereocenters. The first-order valence-electron chi connectivity index (χ1n) is 7.78. The van der Waals surface area contributed by atoms with Gasteiger partial charge in [0.1, 0.15) is 0 Å². The lowest BCUT2D eigenvalue weighted by Gasteiger charge is -2.31. The van der Waals surface area contributed by atoms with Crippen molar-refractivity contribution in [1.82, 2.24) is 9.62 Å². The second-order valence-electron chi connectivity index (χ2n) is 5.79. The summed E-state index contributed by atoms with van der Waals surface area (Å²) < 4.78 is 26.5. The lowest BCUT2D eigenvalue weighted by Crippen LogP contribution is -2.40. The van der Waals surface area contributed by atoms with Gasteiger partial charge in [0, 0.05) is 13.1 Å². The van der Waals surface area contributed by atoms with Gasteiger partial charge >= 0.3 is 0 Å². The molecule has 1 aromatic rings. The van der Waals surface area contributed by atoms with Crippen molar-refractivity contribution in [3.63, 3.8) is 0 Å². The number of piperidine rings is 1. The van der Waals surface area contributed by atoms with Crippen molar-refractivity contribution in [3.8, 4) is 0 Å². The van der Waals surface area contributed by atoms with E-state index in [0.29, 0.717) is 25.4 Å². The predicted molar refractivity (Wildman–Crippen MR) is 86.8 cm³/mol. The Hall–Kier alpha value is -0.910. The Morgan fingerprint density at radius 1 is 1.19 bits per heavy atom. The average molecular weight is 310 g/mol. The van der Waals surface area contributed by atoms with Crippen LogP contribution in [0.1, 0.15) is 24.8 Å². The molecule has 4 nitrogen and oxygen atoms in total. The minimum atomic E-state index is -3.11. The second kappa shape index (κ2) is 7.92. The number of hydrogen-bond donors (Lipinski definition) is 1. The molecule has 0 saturated carbocycles. The van der Waals surface area contributed by atoms with Crippen molar-refractivity contribution in [2.75, 3.05) is 32.4 Å². The van der Waals surface area contributed by atoms with Crippen molar-refractivity contribution >= 4 is 10.0 Å². The first-order chi connectivity index (χ1) is 10.1. The summed E-state index contributed by atoms with van der Waals surface area (Å²) in [6.07, 6.45) is 3.73. The molecule has 1 aliphatic heterocycles. The zero-order chi connectivity index (χ0) is 15.1. The smallest absolute Gasteiger partial charge is 0.214 e. The molecule has 5 heteroatoms. The van der Waals surface area contributed by atoms with E-state index < -0.39 is 10.0 Å². The normalized spacial score (nSPS) is 18.0. The van der Waals surface area contributed by atoms with Gasteiger partial charge in [-0.15, -0.1) is 0 Å². The highest BCUT2D eigenvalue weighted by atomic mass is 32.2. The number of benzene rings is 1. The summed E-state index contributed by atoms with van der Waals surface area (Å²) in [5, 5.41) is 3.16. The third-order valence-electron chi connectivity index (χ3n) is 4.26. The van der Waals surface area contributed by atoms with E-state index in [2.05, 4.69) is 5.32 Å². The molecule has 21 heavy (non-hydrogen) atoms. The van der Waals surface area contributed by atoms with Gasteiger partial charge < -0.3 is 5.32 Å². The van der Waals surface area contributed by atoms with Crippen molar-refractivity contribution < 1.29 is 8.42 Å². The maximum Gasteiger partial charge on any atom is 0.214 e. The Bertz CT molecular complexity index is 508. The Kier molecular flexibility index (Phi) is 6.21. The topological polar surface area (TPSA) is 49.4 Å². The molecule has 0 spiro atoms. The molecule has 0 radical (unpaired) electrons. The van der Waals surface area contributed by atoms with Gasteiger partial charge in [-0.25, -0.2) is 12.7 Å². The fourth-order valence-electron chi connectivity index (χ4n) is 2.85. The number of sulfonamides is 1. The lowest BCUT2D eigenvalue weighted by molar-refractivity contribution is 0.263. The predicted octanol–water partition coefficient (Wildman–Crippen LogP) is 1.88. The fraction of sp³-hybridized carbons (Fsp3) is 0.625. The van der Waals surface area contributed by atoms with Gasteiger partial charge in [-0.1, -0.05) is 30.3 Å². The summed E-state index contributed by atoms with van der Waals surface area (Å²) >= 11 is 0. The van der Waals surface area contributed by atoms with Crippen LogP contribution in [0.4, 0.5) is 0 Å². The van der Waals surface area contributed by atoms with Crippen LogP contribution in [0.25, 0.3) is 0 Å². The van der Waals surface area contributed by atoms with Gasteiger partial charge in [0.2, 0.25) is 10.0 Å². The number of hydrogen-bond acceptors (Lipinski definition) is 3. The van der Waals surface area contributed by atoms with E-state index in [1.54, 1.807) is 4.31 Å². The van der Waals surface area contributed by atoms with Crippen molar-refractivity contribution in [1.29, 1.82) is 0 Å². The Morgan fingerprint density at radius 3 is 2.48 bits per heavy atom. The van der Waals surface area contributed by atoms with Gasteiger partial charge in [0.25, 0.3) is 0 Å². The van der Waals surface area contributed by atoms with E-state index in [4.69, 9.17) is 0 Å². The molecule has 0 unspecified atom stereocenters. The zero-order valence-corrected chi connectivity index (χ0v) is 13.6. The minimum Gasteiger partial charge on any atom is -0.320 e. The Morgan fingerprint density at radius 2 is 1.86 bits per heavy atom. The second-order valence-corrected chi connectivity index (χ2v) is 7.87. The minimum absolute atomic E-state index is 0.220. The highest BCUT2D eigenvalue weighted by molar-refractivity contribution is 7.89. The molecule has 1 aromatic carbocycles. The zero-order valence-electron chi connectivity index (χ0n) is 12.8. The van der Waals surface area contributed by atoms with E-state index >= 15 is 0 Å². The van der Waals surface area contributed by atoms with Gasteiger partial charge in [0.05, 0.1) is 5.75 Å². The highest BCUT2D eigenvalue weighted by Crippen LogP contribution is 2.22. The molecule has 0 bridgehead atoms. The first kappa shape index (κ1) is 16.5. The highest BCUT2D eigenvalue weighted by Gasteiger charge is 2.27. The van der Waals surface area contributed by atoms with E-state index in [1.807, 2.05) is 37.4 Å². The summed E-state index contributed by atoms with van der Waals surface area (Å²) in [5.41, 5.74) is 1.09. The molecule has 0 aliphatic carbocycles. The standard InChI is InChI=1S/C16H26N2O2S/c1-17-11-7-16-8-12-18(13-9-16)21(19,20)14-10-15-5-3-2-4-6-15/h2-6,16-17H,7-14H2,1H3. The number of nitrogens with one attached hydrogen (secondary N) is 1. The molecular formula is C16H26N2O2S. The number of nitrogens with zero attached hydrogens (tertiary/aromatic N) is 1. The molecule has 1 aliphatic rings. The molecule has 1 fully saturated rings. The maximum atomic E-state index is 12.4. The van der Waals surface area contributed by atoms with E-state index in [1.165, 1.54) is 0 Å². The summed E-state index contributed by atoms with van der Waals surface area (Å²) in [7, 11) is -1.15. The van der Waals surface area contributed by atoms with Crippen molar-refractivity contribution in [2.24, 2.45) is 5.92 Å². The third kappa shape index (κ3) is 5.09. The van der Waals surface area contributed by atoms with Crippen LogP contribution in [0.15, 0.2) is 30.3 Å². The van der Waals surface area contributed by atoms with Gasteiger partial charge in [0.15, 0.2) is 0 Å². The maximum absolute atomic E-state index is 12.4. The van der Waals surface area contributed by atoms with Crippen LogP contribution in [-0.2, 0) is 16.4 Å². The summed E-state index contributed by atoms with van der Waals surface area (Å²) in [5.74, 6) is 0.885. The SMILES string of the molecule is CNCCC1CCN(S(=O)(=O)CCc2ccccc2)CC1. The van der Waals surface area contributed by atoms with Crippen LogP contribution in [0.5, 0.6) is 0 Å². The quantitative estimate of drug-likeness (QED) is 0.836. The van der Waals surface area contributed by atoms with Crippen LogP contribution >= 0.6 is 0 Å². The van der Waals surface area contributed by atoms with Crippen LogP contribution in [0, 0.1) is 5.92 Å². The number of rotatable bonds is 7. The summed E-state index contributed by atoms with van der Waals surface area (Å²) in [6.45, 7) is 2.39. The molecule has 1 N–H and O–H groups in total.